The summed E-state index contributed by atoms with van der Waals surface area (Å²) in [5.41, 5.74) is 0.834. The Bertz CT molecular complexity index is 971. The second kappa shape index (κ2) is 6.64. The number of pyridine rings is 1. The molecule has 2 aromatic rings. The van der Waals surface area contributed by atoms with Crippen molar-refractivity contribution in [1.29, 1.82) is 0 Å². The van der Waals surface area contributed by atoms with Crippen LogP contribution in [0.3, 0.4) is 0 Å². The van der Waals surface area contributed by atoms with E-state index in [2.05, 4.69) is 21.8 Å². The highest BCUT2D eigenvalue weighted by atomic mass is 19.1. The van der Waals surface area contributed by atoms with Crippen LogP contribution in [0.15, 0.2) is 17.1 Å². The van der Waals surface area contributed by atoms with Gasteiger partial charge in [-0.15, -0.1) is 0 Å². The average Bonchev–Trinajstić information content (AvgIpc) is 2.90. The Morgan fingerprint density at radius 3 is 2.81 bits per heavy atom. The molecule has 1 aromatic carbocycles. The molecule has 0 radical (unpaired) electrons. The predicted molar refractivity (Wildman–Crippen MR) is 102 cm³/mol. The minimum atomic E-state index is -1.31. The first kappa shape index (κ1) is 18.0. The molecule has 0 spiro atoms. The van der Waals surface area contributed by atoms with E-state index in [1.807, 2.05) is 6.92 Å². The summed E-state index contributed by atoms with van der Waals surface area (Å²) in [6, 6.07) is 1.45. The number of hydrogen-bond donors (Lipinski definition) is 2. The van der Waals surface area contributed by atoms with Crippen molar-refractivity contribution in [2.75, 3.05) is 31.6 Å². The Labute approximate surface area is 156 Å². The van der Waals surface area contributed by atoms with Gasteiger partial charge in [-0.1, -0.05) is 6.92 Å². The molecule has 3 aliphatic rings. The summed E-state index contributed by atoms with van der Waals surface area (Å²) < 4.78 is 15.3. The molecule has 3 aliphatic heterocycles. The third kappa shape index (κ3) is 2.90. The standard InChI is InChI=1S/C20H24FN3O3/c1-3-13-17-14(19(25)15(7-22-17)20(26)27)6-16(21)18(13)24-9-11-4-5-12(24)10-23(2)8-11/h6-7,11-12H,3-5,8-10H2,1-2H3,(H,22,25)(H,26,27). The SMILES string of the molecule is CCc1c(N2CC3CCC2CN(C)C3)c(F)cc2c(=O)c(C(=O)O)c[nH]c12. The zero-order valence-corrected chi connectivity index (χ0v) is 15.6. The fourth-order valence-corrected chi connectivity index (χ4v) is 4.80. The van der Waals surface area contributed by atoms with E-state index in [9.17, 15) is 14.7 Å². The van der Waals surface area contributed by atoms with Crippen molar-refractivity contribution < 1.29 is 14.3 Å². The number of carboxylic acid groups (broad SMARTS) is 1. The second-order valence-corrected chi connectivity index (χ2v) is 7.77. The van der Waals surface area contributed by atoms with Crippen LogP contribution >= 0.6 is 0 Å². The van der Waals surface area contributed by atoms with Crippen molar-refractivity contribution in [3.05, 3.63) is 39.4 Å². The maximum atomic E-state index is 15.3. The molecule has 0 saturated carbocycles. The Morgan fingerprint density at radius 1 is 1.33 bits per heavy atom. The van der Waals surface area contributed by atoms with Gasteiger partial charge in [0.25, 0.3) is 0 Å². The number of carbonyl (C=O) groups is 1. The number of likely N-dealkylation sites (N-methyl/N-ethyl adjacent to an activating group) is 1. The summed E-state index contributed by atoms with van der Waals surface area (Å²) in [4.78, 5) is 31.2. The second-order valence-electron chi connectivity index (χ2n) is 7.77. The zero-order chi connectivity index (χ0) is 19.3. The summed E-state index contributed by atoms with van der Waals surface area (Å²) in [5.74, 6) is -1.25. The van der Waals surface area contributed by atoms with Gasteiger partial charge in [-0.3, -0.25) is 4.79 Å². The highest BCUT2D eigenvalue weighted by molar-refractivity contribution is 5.94. The minimum Gasteiger partial charge on any atom is -0.477 e. The van der Waals surface area contributed by atoms with Gasteiger partial charge in [0, 0.05) is 42.8 Å². The van der Waals surface area contributed by atoms with Gasteiger partial charge >= 0.3 is 5.97 Å². The number of rotatable bonds is 3. The van der Waals surface area contributed by atoms with Gasteiger partial charge < -0.3 is 19.9 Å². The minimum absolute atomic E-state index is 0.102. The number of aromatic nitrogens is 1. The number of anilines is 1. The summed E-state index contributed by atoms with van der Waals surface area (Å²) in [5, 5.41) is 9.28. The summed E-state index contributed by atoms with van der Waals surface area (Å²) in [6.07, 6.45) is 3.96. The van der Waals surface area contributed by atoms with Crippen LogP contribution in [0, 0.1) is 11.7 Å². The van der Waals surface area contributed by atoms with Crippen molar-refractivity contribution in [3.8, 4) is 0 Å². The van der Waals surface area contributed by atoms with Gasteiger partial charge in [-0.25, -0.2) is 9.18 Å². The van der Waals surface area contributed by atoms with Gasteiger partial charge in [0.2, 0.25) is 5.43 Å². The number of benzene rings is 1. The smallest absolute Gasteiger partial charge is 0.341 e. The number of H-pyrrole nitrogens is 1. The summed E-state index contributed by atoms with van der Waals surface area (Å²) in [7, 11) is 2.11. The first-order valence-corrected chi connectivity index (χ1v) is 9.46. The van der Waals surface area contributed by atoms with E-state index in [-0.39, 0.29) is 17.0 Å². The van der Waals surface area contributed by atoms with E-state index >= 15 is 4.39 Å². The summed E-state index contributed by atoms with van der Waals surface area (Å²) >= 11 is 0. The van der Waals surface area contributed by atoms with Crippen LogP contribution in [-0.4, -0.2) is 53.7 Å². The first-order valence-electron chi connectivity index (χ1n) is 9.46. The van der Waals surface area contributed by atoms with Gasteiger partial charge in [0.1, 0.15) is 11.4 Å². The van der Waals surface area contributed by atoms with Crippen molar-refractivity contribution in [1.82, 2.24) is 9.88 Å². The Balaban J connectivity index is 1.91. The summed E-state index contributed by atoms with van der Waals surface area (Å²) in [6.45, 7) is 4.65. The van der Waals surface area contributed by atoms with Crippen LogP contribution in [0.5, 0.6) is 0 Å². The molecular formula is C20H24FN3O3. The van der Waals surface area contributed by atoms with Crippen LogP contribution < -0.4 is 10.3 Å². The van der Waals surface area contributed by atoms with E-state index in [0.29, 0.717) is 23.5 Å². The van der Waals surface area contributed by atoms with Crippen LogP contribution in [0.25, 0.3) is 10.9 Å². The maximum absolute atomic E-state index is 15.3. The number of nitrogens with one attached hydrogen (secondary N) is 1. The Morgan fingerprint density at radius 2 is 2.11 bits per heavy atom. The highest BCUT2D eigenvalue weighted by Crippen LogP contribution is 2.37. The number of aromatic amines is 1. The fraction of sp³-hybridized carbons (Fsp3) is 0.500. The number of hydrogen-bond acceptors (Lipinski definition) is 4. The Kier molecular flexibility index (Phi) is 4.42. The number of aryl methyl sites for hydroxylation is 1. The van der Waals surface area contributed by atoms with Crippen LogP contribution in [0.1, 0.15) is 35.7 Å². The molecule has 7 heteroatoms. The van der Waals surface area contributed by atoms with E-state index in [1.165, 1.54) is 12.3 Å². The molecule has 2 bridgehead atoms. The van der Waals surface area contributed by atoms with E-state index in [4.69, 9.17) is 0 Å². The van der Waals surface area contributed by atoms with Crippen LogP contribution in [0.2, 0.25) is 0 Å². The third-order valence-electron chi connectivity index (χ3n) is 5.97. The lowest BCUT2D eigenvalue weighted by molar-refractivity contribution is 0.0695. The molecule has 3 saturated heterocycles. The lowest BCUT2D eigenvalue weighted by Crippen LogP contribution is -2.44. The molecule has 2 unspecified atom stereocenters. The fourth-order valence-electron chi connectivity index (χ4n) is 4.80. The van der Waals surface area contributed by atoms with Gasteiger partial charge in [0.15, 0.2) is 0 Å². The first-order chi connectivity index (χ1) is 12.9. The molecule has 2 atom stereocenters. The number of carboxylic acids is 1. The highest BCUT2D eigenvalue weighted by Gasteiger charge is 2.36. The van der Waals surface area contributed by atoms with E-state index in [0.717, 1.165) is 38.0 Å². The topological polar surface area (TPSA) is 76.6 Å². The predicted octanol–water partition coefficient (Wildman–Crippen LogP) is 2.46. The molecule has 6 nitrogen and oxygen atoms in total. The maximum Gasteiger partial charge on any atom is 0.341 e. The van der Waals surface area contributed by atoms with Gasteiger partial charge in [0.05, 0.1) is 11.2 Å². The van der Waals surface area contributed by atoms with Gasteiger partial charge in [-0.05, 0) is 38.3 Å². The molecule has 27 heavy (non-hydrogen) atoms. The van der Waals surface area contributed by atoms with Crippen LogP contribution in [0.4, 0.5) is 10.1 Å². The number of aromatic carboxylic acids is 1. The lowest BCUT2D eigenvalue weighted by atomic mass is 9.92. The molecule has 0 amide bonds. The monoisotopic (exact) mass is 373 g/mol. The van der Waals surface area contributed by atoms with Crippen molar-refractivity contribution in [2.24, 2.45) is 5.92 Å². The quantitative estimate of drug-likeness (QED) is 0.864. The number of fused-ring (bicyclic) bond motifs is 5. The van der Waals surface area contributed by atoms with Crippen molar-refractivity contribution in [3.63, 3.8) is 0 Å². The molecular weight excluding hydrogens is 349 g/mol. The normalized spacial score (nSPS) is 23.0. The molecule has 4 heterocycles. The van der Waals surface area contributed by atoms with E-state index in [1.54, 1.807) is 0 Å². The number of piperidine rings is 1. The number of nitrogens with zero attached hydrogens (tertiary/aromatic N) is 2. The lowest BCUT2D eigenvalue weighted by Gasteiger charge is -2.39. The van der Waals surface area contributed by atoms with E-state index < -0.39 is 17.2 Å². The molecule has 0 aliphatic carbocycles. The third-order valence-corrected chi connectivity index (χ3v) is 5.97. The molecule has 3 fully saturated rings. The number of halogens is 1. The largest absolute Gasteiger partial charge is 0.477 e. The van der Waals surface area contributed by atoms with Crippen molar-refractivity contribution >= 4 is 22.6 Å². The molecule has 5 rings (SSSR count). The molecule has 1 aromatic heterocycles. The van der Waals surface area contributed by atoms with Crippen LogP contribution in [-0.2, 0) is 6.42 Å². The molecule has 2 N–H and O–H groups in total. The zero-order valence-electron chi connectivity index (χ0n) is 15.6. The van der Waals surface area contributed by atoms with Gasteiger partial charge in [-0.2, -0.15) is 0 Å². The average molecular weight is 373 g/mol. The molecule has 144 valence electrons. The Hall–Kier alpha value is -2.41. The van der Waals surface area contributed by atoms with Crippen molar-refractivity contribution in [2.45, 2.75) is 32.2 Å².